The van der Waals surface area contributed by atoms with Crippen LogP contribution in [0, 0.1) is 0 Å². The molecular formula is C16H28N2O3. The topological polar surface area (TPSA) is 60.9 Å². The Balaban J connectivity index is 2.07. The highest BCUT2D eigenvalue weighted by Crippen LogP contribution is 2.25. The summed E-state index contributed by atoms with van der Waals surface area (Å²) in [6.45, 7) is 4.77. The molecule has 0 aromatic heterocycles. The lowest BCUT2D eigenvalue weighted by Crippen LogP contribution is -2.56. The molecule has 1 N–H and O–H groups in total. The van der Waals surface area contributed by atoms with Crippen LogP contribution in [-0.4, -0.2) is 58.0 Å². The average molecular weight is 296 g/mol. The van der Waals surface area contributed by atoms with E-state index in [1.54, 1.807) is 9.80 Å². The monoisotopic (exact) mass is 296 g/mol. The summed E-state index contributed by atoms with van der Waals surface area (Å²) in [5.74, 6) is -0.715. The number of aliphatic hydroxyl groups excluding tert-OH is 1. The van der Waals surface area contributed by atoms with Gasteiger partial charge in [0.25, 0.3) is 0 Å². The van der Waals surface area contributed by atoms with Gasteiger partial charge in [0.05, 0.1) is 0 Å². The second-order valence-electron chi connectivity index (χ2n) is 6.50. The molecule has 0 aromatic carbocycles. The number of amides is 2. The molecule has 0 radical (unpaired) electrons. The number of hydrogen-bond donors (Lipinski definition) is 1. The summed E-state index contributed by atoms with van der Waals surface area (Å²) in [6, 6.07) is 0.313. The van der Waals surface area contributed by atoms with Gasteiger partial charge in [0.2, 0.25) is 0 Å². The summed E-state index contributed by atoms with van der Waals surface area (Å²) in [7, 11) is 0. The van der Waals surface area contributed by atoms with Crippen LogP contribution in [-0.2, 0) is 9.59 Å². The maximum absolute atomic E-state index is 12.6. The largest absolute Gasteiger partial charge is 0.396 e. The van der Waals surface area contributed by atoms with Gasteiger partial charge in [0.1, 0.15) is 0 Å². The van der Waals surface area contributed by atoms with E-state index >= 15 is 0 Å². The van der Waals surface area contributed by atoms with E-state index in [1.165, 1.54) is 0 Å². The third-order valence-electron chi connectivity index (χ3n) is 4.96. The quantitative estimate of drug-likeness (QED) is 0.786. The molecule has 2 aliphatic heterocycles. The van der Waals surface area contributed by atoms with Crippen LogP contribution in [0.3, 0.4) is 0 Å². The standard InChI is InChI=1S/C16H28N2O3/c1-12-6-5-7-13(2)18(12)16(21)15(20)17-10-4-3-8-14(17)9-11-19/h12-14,19H,3-11H2,1-2H3. The van der Waals surface area contributed by atoms with Crippen molar-refractivity contribution in [3.8, 4) is 0 Å². The van der Waals surface area contributed by atoms with Crippen LogP contribution in [0.2, 0.25) is 0 Å². The summed E-state index contributed by atoms with van der Waals surface area (Å²) in [4.78, 5) is 28.7. The number of piperidine rings is 2. The van der Waals surface area contributed by atoms with Crippen molar-refractivity contribution in [3.63, 3.8) is 0 Å². The van der Waals surface area contributed by atoms with Crippen molar-refractivity contribution in [1.29, 1.82) is 0 Å². The highest BCUT2D eigenvalue weighted by Gasteiger charge is 2.37. The molecule has 0 aliphatic carbocycles. The maximum atomic E-state index is 12.6. The van der Waals surface area contributed by atoms with Gasteiger partial charge in [-0.05, 0) is 58.8 Å². The number of aliphatic hydroxyl groups is 1. The molecule has 3 atom stereocenters. The van der Waals surface area contributed by atoms with Gasteiger partial charge in [-0.1, -0.05) is 0 Å². The van der Waals surface area contributed by atoms with Gasteiger partial charge in [-0.3, -0.25) is 9.59 Å². The first-order valence-electron chi connectivity index (χ1n) is 8.30. The Morgan fingerprint density at radius 1 is 1.00 bits per heavy atom. The Morgan fingerprint density at radius 3 is 2.29 bits per heavy atom. The molecule has 3 unspecified atom stereocenters. The molecule has 2 saturated heterocycles. The lowest BCUT2D eigenvalue weighted by Gasteiger charge is -2.41. The first-order chi connectivity index (χ1) is 10.1. The van der Waals surface area contributed by atoms with Crippen LogP contribution < -0.4 is 0 Å². The zero-order valence-electron chi connectivity index (χ0n) is 13.3. The van der Waals surface area contributed by atoms with Crippen LogP contribution in [0.4, 0.5) is 0 Å². The fourth-order valence-electron chi connectivity index (χ4n) is 3.77. The maximum Gasteiger partial charge on any atom is 0.312 e. The molecule has 120 valence electrons. The van der Waals surface area contributed by atoms with Crippen molar-refractivity contribution in [2.24, 2.45) is 0 Å². The molecule has 0 spiro atoms. The van der Waals surface area contributed by atoms with E-state index in [4.69, 9.17) is 5.11 Å². The molecule has 5 heteroatoms. The molecule has 0 saturated carbocycles. The zero-order chi connectivity index (χ0) is 15.4. The van der Waals surface area contributed by atoms with E-state index in [0.29, 0.717) is 13.0 Å². The summed E-state index contributed by atoms with van der Waals surface area (Å²) in [6.07, 6.45) is 6.56. The third kappa shape index (κ3) is 3.57. The van der Waals surface area contributed by atoms with Gasteiger partial charge in [0.15, 0.2) is 0 Å². The number of carbonyl (C=O) groups is 2. The molecule has 0 bridgehead atoms. The Bertz CT molecular complexity index is 374. The second kappa shape index (κ2) is 7.25. The van der Waals surface area contributed by atoms with Crippen molar-refractivity contribution in [1.82, 2.24) is 9.80 Å². The number of rotatable bonds is 2. The summed E-state index contributed by atoms with van der Waals surface area (Å²) in [5.41, 5.74) is 0. The lowest BCUT2D eigenvalue weighted by molar-refractivity contribution is -0.157. The van der Waals surface area contributed by atoms with Crippen molar-refractivity contribution in [2.45, 2.75) is 76.9 Å². The molecule has 2 rings (SSSR count). The number of likely N-dealkylation sites (tertiary alicyclic amines) is 2. The Labute approximate surface area is 127 Å². The highest BCUT2D eigenvalue weighted by molar-refractivity contribution is 6.35. The van der Waals surface area contributed by atoms with Gasteiger partial charge in [0, 0.05) is 31.3 Å². The first-order valence-corrected chi connectivity index (χ1v) is 8.30. The normalized spacial score (nSPS) is 30.3. The summed E-state index contributed by atoms with van der Waals surface area (Å²) >= 11 is 0. The second-order valence-corrected chi connectivity index (χ2v) is 6.50. The lowest BCUT2D eigenvalue weighted by atomic mass is 9.96. The van der Waals surface area contributed by atoms with Crippen LogP contribution in [0.5, 0.6) is 0 Å². The first kappa shape index (κ1) is 16.3. The van der Waals surface area contributed by atoms with E-state index in [1.807, 2.05) is 13.8 Å². The smallest absolute Gasteiger partial charge is 0.312 e. The van der Waals surface area contributed by atoms with E-state index in [0.717, 1.165) is 38.5 Å². The van der Waals surface area contributed by atoms with Crippen molar-refractivity contribution >= 4 is 11.8 Å². The molecular weight excluding hydrogens is 268 g/mol. The average Bonchev–Trinajstić information content (AvgIpc) is 2.47. The van der Waals surface area contributed by atoms with E-state index in [9.17, 15) is 9.59 Å². The molecule has 0 aromatic rings. The third-order valence-corrected chi connectivity index (χ3v) is 4.96. The van der Waals surface area contributed by atoms with Crippen molar-refractivity contribution in [2.75, 3.05) is 13.2 Å². The Hall–Kier alpha value is -1.10. The van der Waals surface area contributed by atoms with Gasteiger partial charge in [-0.15, -0.1) is 0 Å². The minimum absolute atomic E-state index is 0.0237. The Kier molecular flexibility index (Phi) is 5.62. The van der Waals surface area contributed by atoms with E-state index in [-0.39, 0.29) is 36.5 Å². The van der Waals surface area contributed by atoms with Gasteiger partial charge >= 0.3 is 11.8 Å². The van der Waals surface area contributed by atoms with E-state index < -0.39 is 0 Å². The molecule has 21 heavy (non-hydrogen) atoms. The molecule has 2 amide bonds. The van der Waals surface area contributed by atoms with Crippen molar-refractivity contribution in [3.05, 3.63) is 0 Å². The number of carbonyl (C=O) groups excluding carboxylic acids is 2. The molecule has 2 aliphatic rings. The van der Waals surface area contributed by atoms with Crippen molar-refractivity contribution < 1.29 is 14.7 Å². The van der Waals surface area contributed by atoms with Crippen LogP contribution in [0.1, 0.15) is 58.8 Å². The predicted octanol–water partition coefficient (Wildman–Crippen LogP) is 1.54. The minimum Gasteiger partial charge on any atom is -0.396 e. The highest BCUT2D eigenvalue weighted by atomic mass is 16.3. The minimum atomic E-state index is -0.367. The van der Waals surface area contributed by atoms with E-state index in [2.05, 4.69) is 0 Å². The zero-order valence-corrected chi connectivity index (χ0v) is 13.3. The summed E-state index contributed by atoms with van der Waals surface area (Å²) in [5, 5.41) is 9.16. The Morgan fingerprint density at radius 2 is 1.67 bits per heavy atom. The van der Waals surface area contributed by atoms with Gasteiger partial charge in [-0.2, -0.15) is 0 Å². The SMILES string of the molecule is CC1CCCC(C)N1C(=O)C(=O)N1CCCCC1CCO. The predicted molar refractivity (Wildman–Crippen MR) is 80.7 cm³/mol. The molecule has 2 heterocycles. The fourth-order valence-corrected chi connectivity index (χ4v) is 3.77. The number of nitrogens with zero attached hydrogens (tertiary/aromatic N) is 2. The van der Waals surface area contributed by atoms with Crippen LogP contribution >= 0.6 is 0 Å². The van der Waals surface area contributed by atoms with Crippen LogP contribution in [0.25, 0.3) is 0 Å². The van der Waals surface area contributed by atoms with Crippen LogP contribution in [0.15, 0.2) is 0 Å². The molecule has 5 nitrogen and oxygen atoms in total. The fraction of sp³-hybridized carbons (Fsp3) is 0.875. The molecule has 2 fully saturated rings. The number of hydrogen-bond acceptors (Lipinski definition) is 3. The van der Waals surface area contributed by atoms with Gasteiger partial charge < -0.3 is 14.9 Å². The summed E-state index contributed by atoms with van der Waals surface area (Å²) < 4.78 is 0. The van der Waals surface area contributed by atoms with Gasteiger partial charge in [-0.25, -0.2) is 0 Å².